The van der Waals surface area contributed by atoms with Crippen LogP contribution in [-0.4, -0.2) is 6.54 Å². The first-order valence-electron chi connectivity index (χ1n) is 7.38. The van der Waals surface area contributed by atoms with Gasteiger partial charge in [-0.3, -0.25) is 0 Å². The number of rotatable bonds is 4. The molecule has 0 saturated carbocycles. The van der Waals surface area contributed by atoms with Gasteiger partial charge in [0.1, 0.15) is 0 Å². The van der Waals surface area contributed by atoms with Crippen molar-refractivity contribution in [1.82, 2.24) is 5.32 Å². The standard InChI is InChI=1S/C18H20BrNO/c1-3-20-18(16-5-4-6-17(19)12(16)2)13-7-8-14-10-21-11-15(14)9-13/h4-9,18,20H,3,10-11H2,1-2H3. The van der Waals surface area contributed by atoms with Gasteiger partial charge in [0.15, 0.2) is 0 Å². The molecular weight excluding hydrogens is 326 g/mol. The van der Waals surface area contributed by atoms with E-state index in [1.165, 1.54) is 27.8 Å². The molecule has 0 bridgehead atoms. The fraction of sp³-hybridized carbons (Fsp3) is 0.333. The van der Waals surface area contributed by atoms with Gasteiger partial charge in [0.25, 0.3) is 0 Å². The molecule has 0 aromatic heterocycles. The van der Waals surface area contributed by atoms with Crippen molar-refractivity contribution in [2.45, 2.75) is 33.1 Å². The minimum absolute atomic E-state index is 0.221. The minimum Gasteiger partial charge on any atom is -0.372 e. The van der Waals surface area contributed by atoms with Gasteiger partial charge in [-0.2, -0.15) is 0 Å². The summed E-state index contributed by atoms with van der Waals surface area (Å²) in [5.74, 6) is 0. The zero-order valence-corrected chi connectivity index (χ0v) is 14.0. The Labute approximate surface area is 134 Å². The molecule has 3 heteroatoms. The highest BCUT2D eigenvalue weighted by molar-refractivity contribution is 9.10. The van der Waals surface area contributed by atoms with Crippen molar-refractivity contribution in [3.05, 3.63) is 68.7 Å². The summed E-state index contributed by atoms with van der Waals surface area (Å²) in [5.41, 5.74) is 6.57. The maximum atomic E-state index is 5.53. The molecule has 110 valence electrons. The van der Waals surface area contributed by atoms with E-state index >= 15 is 0 Å². The van der Waals surface area contributed by atoms with Gasteiger partial charge >= 0.3 is 0 Å². The number of hydrogen-bond acceptors (Lipinski definition) is 2. The molecule has 0 radical (unpaired) electrons. The van der Waals surface area contributed by atoms with E-state index in [2.05, 4.69) is 71.5 Å². The quantitative estimate of drug-likeness (QED) is 0.881. The monoisotopic (exact) mass is 345 g/mol. The zero-order chi connectivity index (χ0) is 14.8. The van der Waals surface area contributed by atoms with Gasteiger partial charge in [0, 0.05) is 4.47 Å². The predicted octanol–water partition coefficient (Wildman–Crippen LogP) is 4.49. The fourth-order valence-corrected chi connectivity index (χ4v) is 3.30. The van der Waals surface area contributed by atoms with Gasteiger partial charge in [-0.05, 0) is 47.4 Å². The predicted molar refractivity (Wildman–Crippen MR) is 89.3 cm³/mol. The molecule has 0 fully saturated rings. The maximum absolute atomic E-state index is 5.53. The lowest BCUT2D eigenvalue weighted by Crippen LogP contribution is -2.23. The van der Waals surface area contributed by atoms with Gasteiger partial charge < -0.3 is 10.1 Å². The van der Waals surface area contributed by atoms with Crippen LogP contribution < -0.4 is 5.32 Å². The highest BCUT2D eigenvalue weighted by Gasteiger charge is 2.19. The van der Waals surface area contributed by atoms with Gasteiger partial charge in [-0.15, -0.1) is 0 Å². The highest BCUT2D eigenvalue weighted by atomic mass is 79.9. The molecule has 0 aliphatic carbocycles. The smallest absolute Gasteiger partial charge is 0.0725 e. The van der Waals surface area contributed by atoms with Crippen LogP contribution in [0.4, 0.5) is 0 Å². The zero-order valence-electron chi connectivity index (χ0n) is 12.4. The first kappa shape index (κ1) is 14.8. The van der Waals surface area contributed by atoms with Gasteiger partial charge in [0.2, 0.25) is 0 Å². The summed E-state index contributed by atoms with van der Waals surface area (Å²) in [5, 5.41) is 3.61. The van der Waals surface area contributed by atoms with Gasteiger partial charge in [0.05, 0.1) is 19.3 Å². The van der Waals surface area contributed by atoms with Crippen LogP contribution in [0.1, 0.15) is 40.8 Å². The Bertz CT molecular complexity index is 654. The van der Waals surface area contributed by atoms with E-state index in [1.54, 1.807) is 0 Å². The number of nitrogens with one attached hydrogen (secondary N) is 1. The Morgan fingerprint density at radius 2 is 2.00 bits per heavy atom. The van der Waals surface area contributed by atoms with E-state index in [1.807, 2.05) is 0 Å². The molecule has 0 amide bonds. The van der Waals surface area contributed by atoms with E-state index in [-0.39, 0.29) is 6.04 Å². The molecule has 0 saturated heterocycles. The van der Waals surface area contributed by atoms with Crippen LogP contribution in [0.2, 0.25) is 0 Å². The van der Waals surface area contributed by atoms with Crippen molar-refractivity contribution in [3.8, 4) is 0 Å². The van der Waals surface area contributed by atoms with Crippen LogP contribution in [0.25, 0.3) is 0 Å². The maximum Gasteiger partial charge on any atom is 0.0725 e. The van der Waals surface area contributed by atoms with E-state index in [4.69, 9.17) is 4.74 Å². The third-order valence-corrected chi connectivity index (χ3v) is 4.97. The van der Waals surface area contributed by atoms with Crippen molar-refractivity contribution >= 4 is 15.9 Å². The highest BCUT2D eigenvalue weighted by Crippen LogP contribution is 2.31. The van der Waals surface area contributed by atoms with Crippen LogP contribution in [0.15, 0.2) is 40.9 Å². The van der Waals surface area contributed by atoms with Crippen molar-refractivity contribution in [1.29, 1.82) is 0 Å². The Morgan fingerprint density at radius 3 is 2.81 bits per heavy atom. The van der Waals surface area contributed by atoms with Gasteiger partial charge in [-0.25, -0.2) is 0 Å². The van der Waals surface area contributed by atoms with E-state index in [0.717, 1.165) is 24.2 Å². The third-order valence-electron chi connectivity index (χ3n) is 4.11. The summed E-state index contributed by atoms with van der Waals surface area (Å²) in [6, 6.07) is 13.3. The number of hydrogen-bond donors (Lipinski definition) is 1. The molecule has 1 aliphatic heterocycles. The number of fused-ring (bicyclic) bond motifs is 1. The SMILES string of the molecule is CCNC(c1ccc2c(c1)COC2)c1cccc(Br)c1C. The fourth-order valence-electron chi connectivity index (χ4n) is 2.92. The summed E-state index contributed by atoms with van der Waals surface area (Å²) in [7, 11) is 0. The van der Waals surface area contributed by atoms with Crippen LogP contribution in [0, 0.1) is 6.92 Å². The number of halogens is 1. The lowest BCUT2D eigenvalue weighted by Gasteiger charge is -2.22. The summed E-state index contributed by atoms with van der Waals surface area (Å²) in [4.78, 5) is 0. The largest absolute Gasteiger partial charge is 0.372 e. The molecule has 0 spiro atoms. The Balaban J connectivity index is 2.03. The minimum atomic E-state index is 0.221. The summed E-state index contributed by atoms with van der Waals surface area (Å²) >= 11 is 3.64. The second kappa shape index (κ2) is 6.30. The van der Waals surface area contributed by atoms with Crippen molar-refractivity contribution in [3.63, 3.8) is 0 Å². The Kier molecular flexibility index (Phi) is 4.43. The molecule has 1 heterocycles. The molecule has 21 heavy (non-hydrogen) atoms. The summed E-state index contributed by atoms with van der Waals surface area (Å²) in [6.45, 7) is 6.73. The molecule has 2 aromatic carbocycles. The van der Waals surface area contributed by atoms with Crippen molar-refractivity contribution in [2.24, 2.45) is 0 Å². The topological polar surface area (TPSA) is 21.3 Å². The lowest BCUT2D eigenvalue weighted by atomic mass is 9.93. The first-order chi connectivity index (χ1) is 10.2. The molecule has 1 atom stereocenters. The average Bonchev–Trinajstić information content (AvgIpc) is 2.95. The molecule has 1 unspecified atom stereocenters. The average molecular weight is 346 g/mol. The summed E-state index contributed by atoms with van der Waals surface area (Å²) in [6.07, 6.45) is 0. The van der Waals surface area contributed by atoms with Crippen molar-refractivity contribution in [2.75, 3.05) is 6.54 Å². The van der Waals surface area contributed by atoms with Crippen molar-refractivity contribution < 1.29 is 4.74 Å². The molecule has 1 N–H and O–H groups in total. The first-order valence-corrected chi connectivity index (χ1v) is 8.18. The van der Waals surface area contributed by atoms with Crippen LogP contribution in [0.5, 0.6) is 0 Å². The molecule has 1 aliphatic rings. The molecule has 2 nitrogen and oxygen atoms in total. The number of benzene rings is 2. The van der Waals surface area contributed by atoms with E-state index < -0.39 is 0 Å². The third kappa shape index (κ3) is 2.91. The van der Waals surface area contributed by atoms with E-state index in [9.17, 15) is 0 Å². The lowest BCUT2D eigenvalue weighted by molar-refractivity contribution is 0.134. The van der Waals surface area contributed by atoms with E-state index in [0.29, 0.717) is 0 Å². The second-order valence-electron chi connectivity index (χ2n) is 5.47. The molecule has 2 aromatic rings. The molecule has 3 rings (SSSR count). The Morgan fingerprint density at radius 1 is 1.19 bits per heavy atom. The normalized spacial score (nSPS) is 15.0. The Hall–Kier alpha value is -1.16. The second-order valence-corrected chi connectivity index (χ2v) is 6.32. The van der Waals surface area contributed by atoms with Gasteiger partial charge in [-0.1, -0.05) is 53.2 Å². The van der Waals surface area contributed by atoms with Crippen LogP contribution >= 0.6 is 15.9 Å². The van der Waals surface area contributed by atoms with Crippen LogP contribution in [-0.2, 0) is 18.0 Å². The summed E-state index contributed by atoms with van der Waals surface area (Å²) < 4.78 is 6.69. The molecular formula is C18H20BrNO. The van der Waals surface area contributed by atoms with Crippen LogP contribution in [0.3, 0.4) is 0 Å². The number of ether oxygens (including phenoxy) is 1.